The lowest BCUT2D eigenvalue weighted by Crippen LogP contribution is -2.30. The topological polar surface area (TPSA) is 72.1 Å². The zero-order valence-corrected chi connectivity index (χ0v) is 19.4. The molecule has 3 rings (SSSR count). The number of nitrogens with two attached hydrogens (primary N) is 1. The third-order valence-electron chi connectivity index (χ3n) is 4.89. The first-order valence-electron chi connectivity index (χ1n) is 9.65. The van der Waals surface area contributed by atoms with Gasteiger partial charge in [-0.1, -0.05) is 24.3 Å². The fraction of sp³-hybridized carbons (Fsp3) is 0.381. The average Bonchev–Trinajstić information content (AvgIpc) is 3.23. The molecule has 1 atom stereocenters. The van der Waals surface area contributed by atoms with Crippen molar-refractivity contribution in [3.63, 3.8) is 0 Å². The Morgan fingerprint density at radius 3 is 2.39 bits per heavy atom. The first kappa shape index (κ1) is 25.1. The quantitative estimate of drug-likeness (QED) is 0.295. The summed E-state index contributed by atoms with van der Waals surface area (Å²) in [5.74, 6) is 0.421. The summed E-state index contributed by atoms with van der Waals surface area (Å²) in [6, 6.07) is 13.5. The Kier molecular flexibility index (Phi) is 9.23. The summed E-state index contributed by atoms with van der Waals surface area (Å²) >= 11 is 0. The summed E-state index contributed by atoms with van der Waals surface area (Å²) in [6.45, 7) is 2.29. The van der Waals surface area contributed by atoms with E-state index in [-0.39, 0.29) is 47.4 Å². The molecule has 0 spiro atoms. The highest BCUT2D eigenvalue weighted by Crippen LogP contribution is 2.30. The van der Waals surface area contributed by atoms with Crippen LogP contribution in [0.3, 0.4) is 0 Å². The number of halogens is 4. The molecule has 1 aliphatic heterocycles. The SMILES string of the molecule is COc1ccc(C(CN=C(N)Nc2ccccc2OC(F)(F)F)N2CCCC2)cc1.I. The van der Waals surface area contributed by atoms with Crippen molar-refractivity contribution in [2.75, 3.05) is 32.1 Å². The highest BCUT2D eigenvalue weighted by atomic mass is 127. The first-order valence-corrected chi connectivity index (χ1v) is 9.65. The summed E-state index contributed by atoms with van der Waals surface area (Å²) in [6.07, 6.45) is -2.56. The molecule has 1 aliphatic rings. The van der Waals surface area contributed by atoms with Crippen LogP contribution in [0.1, 0.15) is 24.4 Å². The van der Waals surface area contributed by atoms with Crippen LogP contribution in [0.2, 0.25) is 0 Å². The molecule has 0 aromatic heterocycles. The van der Waals surface area contributed by atoms with Crippen molar-refractivity contribution < 1.29 is 22.6 Å². The van der Waals surface area contributed by atoms with E-state index >= 15 is 0 Å². The first-order chi connectivity index (χ1) is 14.4. The Morgan fingerprint density at radius 1 is 1.13 bits per heavy atom. The lowest BCUT2D eigenvalue weighted by atomic mass is 10.1. The molecule has 6 nitrogen and oxygen atoms in total. The molecule has 2 aromatic carbocycles. The van der Waals surface area contributed by atoms with E-state index < -0.39 is 6.36 Å². The molecular weight excluding hydrogens is 524 g/mol. The minimum Gasteiger partial charge on any atom is -0.497 e. The van der Waals surface area contributed by atoms with Gasteiger partial charge < -0.3 is 20.5 Å². The number of rotatable bonds is 7. The van der Waals surface area contributed by atoms with E-state index in [1.807, 2.05) is 24.3 Å². The molecule has 1 fully saturated rings. The summed E-state index contributed by atoms with van der Waals surface area (Å²) in [4.78, 5) is 6.73. The predicted molar refractivity (Wildman–Crippen MR) is 125 cm³/mol. The van der Waals surface area contributed by atoms with Crippen LogP contribution in [0.15, 0.2) is 53.5 Å². The third-order valence-corrected chi connectivity index (χ3v) is 4.89. The molecule has 0 bridgehead atoms. The van der Waals surface area contributed by atoms with Crippen LogP contribution in [0, 0.1) is 0 Å². The van der Waals surface area contributed by atoms with Gasteiger partial charge in [0.05, 0.1) is 25.4 Å². The summed E-state index contributed by atoms with van der Waals surface area (Å²) in [5.41, 5.74) is 7.15. The lowest BCUT2D eigenvalue weighted by Gasteiger charge is -2.27. The van der Waals surface area contributed by atoms with Gasteiger partial charge in [0, 0.05) is 0 Å². The van der Waals surface area contributed by atoms with Crippen molar-refractivity contribution in [1.29, 1.82) is 0 Å². The normalized spacial score (nSPS) is 15.8. The molecule has 1 saturated heterocycles. The van der Waals surface area contributed by atoms with E-state index in [4.69, 9.17) is 10.5 Å². The number of nitrogens with zero attached hydrogens (tertiary/aromatic N) is 2. The van der Waals surface area contributed by atoms with Crippen LogP contribution >= 0.6 is 24.0 Å². The van der Waals surface area contributed by atoms with E-state index in [9.17, 15) is 13.2 Å². The Bertz CT molecular complexity index is 856. The molecular formula is C21H26F3IN4O2. The van der Waals surface area contributed by atoms with Gasteiger partial charge in [0.2, 0.25) is 0 Å². The molecule has 1 unspecified atom stereocenters. The van der Waals surface area contributed by atoms with Gasteiger partial charge in [0.1, 0.15) is 5.75 Å². The number of methoxy groups -OCH3 is 1. The average molecular weight is 550 g/mol. The van der Waals surface area contributed by atoms with Crippen molar-refractivity contribution in [2.24, 2.45) is 10.7 Å². The Labute approximate surface area is 196 Å². The number of hydrogen-bond donors (Lipinski definition) is 2. The van der Waals surface area contributed by atoms with Gasteiger partial charge in [-0.15, -0.1) is 37.1 Å². The fourth-order valence-corrected chi connectivity index (χ4v) is 3.46. The number of aliphatic imine (C=N–C) groups is 1. The number of hydrogen-bond acceptors (Lipinski definition) is 4. The number of alkyl halides is 3. The van der Waals surface area contributed by atoms with E-state index in [0.29, 0.717) is 6.54 Å². The molecule has 170 valence electrons. The highest BCUT2D eigenvalue weighted by molar-refractivity contribution is 14.0. The minimum absolute atomic E-state index is 0. The van der Waals surface area contributed by atoms with Crippen LogP contribution in [0.25, 0.3) is 0 Å². The summed E-state index contributed by atoms with van der Waals surface area (Å²) in [5, 5.41) is 2.71. The van der Waals surface area contributed by atoms with Crippen LogP contribution in [-0.4, -0.2) is 44.0 Å². The Morgan fingerprint density at radius 2 is 1.77 bits per heavy atom. The zero-order valence-electron chi connectivity index (χ0n) is 17.1. The van der Waals surface area contributed by atoms with Gasteiger partial charge in [-0.3, -0.25) is 9.89 Å². The van der Waals surface area contributed by atoms with Crippen molar-refractivity contribution >= 4 is 35.6 Å². The number of nitrogens with one attached hydrogen (secondary N) is 1. The van der Waals surface area contributed by atoms with Crippen LogP contribution < -0.4 is 20.5 Å². The molecule has 10 heteroatoms. The number of para-hydroxylation sites is 2. The fourth-order valence-electron chi connectivity index (χ4n) is 3.46. The second kappa shape index (κ2) is 11.4. The zero-order chi connectivity index (χ0) is 21.6. The summed E-state index contributed by atoms with van der Waals surface area (Å²) in [7, 11) is 1.62. The summed E-state index contributed by atoms with van der Waals surface area (Å²) < 4.78 is 47.1. The smallest absolute Gasteiger partial charge is 0.497 e. The lowest BCUT2D eigenvalue weighted by molar-refractivity contribution is -0.274. The maximum atomic E-state index is 12.6. The van der Waals surface area contributed by atoms with Gasteiger partial charge in [0.15, 0.2) is 11.7 Å². The largest absolute Gasteiger partial charge is 0.573 e. The maximum Gasteiger partial charge on any atom is 0.573 e. The van der Waals surface area contributed by atoms with Gasteiger partial charge in [0.25, 0.3) is 0 Å². The van der Waals surface area contributed by atoms with Gasteiger partial charge >= 0.3 is 6.36 Å². The number of anilines is 1. The van der Waals surface area contributed by atoms with Gasteiger partial charge in [-0.2, -0.15) is 0 Å². The van der Waals surface area contributed by atoms with Crippen LogP contribution in [-0.2, 0) is 0 Å². The highest BCUT2D eigenvalue weighted by Gasteiger charge is 2.32. The molecule has 0 aliphatic carbocycles. The van der Waals surface area contributed by atoms with E-state index in [1.54, 1.807) is 13.2 Å². The molecule has 0 amide bonds. The molecule has 2 aromatic rings. The molecule has 0 saturated carbocycles. The number of guanidine groups is 1. The number of ether oxygens (including phenoxy) is 2. The maximum absolute atomic E-state index is 12.6. The van der Waals surface area contributed by atoms with Gasteiger partial charge in [-0.05, 0) is 55.8 Å². The van der Waals surface area contributed by atoms with Gasteiger partial charge in [-0.25, -0.2) is 0 Å². The molecule has 0 radical (unpaired) electrons. The van der Waals surface area contributed by atoms with Crippen molar-refractivity contribution in [3.05, 3.63) is 54.1 Å². The van der Waals surface area contributed by atoms with Crippen LogP contribution in [0.5, 0.6) is 11.5 Å². The monoisotopic (exact) mass is 550 g/mol. The Hall–Kier alpha value is -2.21. The van der Waals surface area contributed by atoms with E-state index in [0.717, 1.165) is 37.2 Å². The minimum atomic E-state index is -4.79. The standard InChI is InChI=1S/C21H25F3N4O2.HI/c1-29-16-10-8-15(9-11-16)18(28-12-4-5-13-28)14-26-20(25)27-17-6-2-3-7-19(17)30-21(22,23)24;/h2-3,6-11,18H,4-5,12-14H2,1H3,(H3,25,26,27);1H. The second-order valence-corrected chi connectivity index (χ2v) is 6.93. The Balaban J connectivity index is 0.00000341. The molecule has 3 N–H and O–H groups in total. The second-order valence-electron chi connectivity index (χ2n) is 6.93. The van der Waals surface area contributed by atoms with Crippen molar-refractivity contribution in [2.45, 2.75) is 25.2 Å². The molecule has 31 heavy (non-hydrogen) atoms. The van der Waals surface area contributed by atoms with Crippen molar-refractivity contribution in [1.82, 2.24) is 4.90 Å². The van der Waals surface area contributed by atoms with Crippen molar-refractivity contribution in [3.8, 4) is 11.5 Å². The molecule has 1 heterocycles. The van der Waals surface area contributed by atoms with E-state index in [1.165, 1.54) is 18.2 Å². The third kappa shape index (κ3) is 7.46. The van der Waals surface area contributed by atoms with Crippen LogP contribution in [0.4, 0.5) is 18.9 Å². The number of likely N-dealkylation sites (tertiary alicyclic amines) is 1. The number of benzene rings is 2. The van der Waals surface area contributed by atoms with E-state index in [2.05, 4.69) is 19.9 Å². The predicted octanol–water partition coefficient (Wildman–Crippen LogP) is 4.78.